The minimum Gasteiger partial charge on any atom is -0.494 e. The highest BCUT2D eigenvalue weighted by atomic mass is 19.1. The van der Waals surface area contributed by atoms with Crippen LogP contribution < -0.4 is 10.5 Å². The molecule has 0 fully saturated rings. The molecule has 0 bridgehead atoms. The van der Waals surface area contributed by atoms with Crippen LogP contribution in [-0.4, -0.2) is 13.1 Å². The molecule has 0 aromatic heterocycles. The summed E-state index contributed by atoms with van der Waals surface area (Å²) >= 11 is 0. The molecule has 0 radical (unpaired) electrons. The lowest BCUT2D eigenvalue weighted by Gasteiger charge is -2.11. The lowest BCUT2D eigenvalue weighted by molar-refractivity contribution is 0.0468. The normalized spacial score (nSPS) is 10.2. The molecule has 2 N–H and O–H groups in total. The number of hydrogen-bond acceptors (Lipinski definition) is 4. The lowest BCUT2D eigenvalue weighted by Crippen LogP contribution is -2.09. The van der Waals surface area contributed by atoms with Crippen molar-refractivity contribution >= 4 is 11.7 Å². The number of carbonyl (C=O) groups is 1. The third kappa shape index (κ3) is 3.31. The average molecular weight is 289 g/mol. The molecular formula is C16H16FNO3. The average Bonchev–Trinajstić information content (AvgIpc) is 2.45. The summed E-state index contributed by atoms with van der Waals surface area (Å²) in [6.45, 7) is 1.82. The van der Waals surface area contributed by atoms with E-state index < -0.39 is 5.97 Å². The molecule has 0 saturated carbocycles. The summed E-state index contributed by atoms with van der Waals surface area (Å²) in [5.41, 5.74) is 7.84. The van der Waals surface area contributed by atoms with Gasteiger partial charge in [-0.3, -0.25) is 0 Å². The van der Waals surface area contributed by atoms with Crippen molar-refractivity contribution in [2.24, 2.45) is 0 Å². The third-order valence-electron chi connectivity index (χ3n) is 3.13. The Morgan fingerprint density at radius 1 is 1.29 bits per heavy atom. The number of hydrogen-bond donors (Lipinski definition) is 1. The number of nitrogen functional groups attached to an aromatic ring is 1. The fourth-order valence-electron chi connectivity index (χ4n) is 1.99. The Hall–Kier alpha value is -2.56. The van der Waals surface area contributed by atoms with Gasteiger partial charge in [0.25, 0.3) is 0 Å². The number of nitrogens with two attached hydrogens (primary N) is 1. The van der Waals surface area contributed by atoms with Gasteiger partial charge in [0.1, 0.15) is 18.0 Å². The monoisotopic (exact) mass is 289 g/mol. The summed E-state index contributed by atoms with van der Waals surface area (Å²) in [5.74, 6) is -0.568. The van der Waals surface area contributed by atoms with Crippen LogP contribution in [0.2, 0.25) is 0 Å². The Morgan fingerprint density at radius 2 is 2.05 bits per heavy atom. The molecule has 110 valence electrons. The van der Waals surface area contributed by atoms with E-state index in [0.29, 0.717) is 11.4 Å². The number of ether oxygens (including phenoxy) is 2. The van der Waals surface area contributed by atoms with E-state index in [2.05, 4.69) is 0 Å². The first kappa shape index (κ1) is 14.8. The molecule has 0 atom stereocenters. The molecule has 0 amide bonds. The molecule has 5 heteroatoms. The standard InChI is InChI=1S/C16H16FNO3/c1-10-8-12(17)7-6-11(10)9-21-16(19)13-4-3-5-14(18)15(13)20-2/h3-8H,9,18H2,1-2H3. The first-order valence-electron chi connectivity index (χ1n) is 6.37. The zero-order valence-electron chi connectivity index (χ0n) is 11.9. The van der Waals surface area contributed by atoms with Gasteiger partial charge >= 0.3 is 5.97 Å². The molecule has 2 rings (SSSR count). The molecule has 21 heavy (non-hydrogen) atoms. The minimum absolute atomic E-state index is 0.0584. The SMILES string of the molecule is COc1c(N)cccc1C(=O)OCc1ccc(F)cc1C. The quantitative estimate of drug-likeness (QED) is 0.694. The van der Waals surface area contributed by atoms with Gasteiger partial charge in [0.15, 0.2) is 5.75 Å². The number of anilines is 1. The maximum absolute atomic E-state index is 13.0. The number of benzene rings is 2. The maximum Gasteiger partial charge on any atom is 0.342 e. The van der Waals surface area contributed by atoms with E-state index in [0.717, 1.165) is 11.1 Å². The first-order valence-corrected chi connectivity index (χ1v) is 6.37. The van der Waals surface area contributed by atoms with Crippen LogP contribution in [0.4, 0.5) is 10.1 Å². The molecule has 0 unspecified atom stereocenters. The van der Waals surface area contributed by atoms with E-state index in [4.69, 9.17) is 15.2 Å². The topological polar surface area (TPSA) is 61.5 Å². The summed E-state index contributed by atoms with van der Waals surface area (Å²) in [5, 5.41) is 0. The van der Waals surface area contributed by atoms with Gasteiger partial charge in [0.2, 0.25) is 0 Å². The zero-order chi connectivity index (χ0) is 15.4. The number of halogens is 1. The molecule has 0 spiro atoms. The molecule has 0 aliphatic heterocycles. The Morgan fingerprint density at radius 3 is 2.71 bits per heavy atom. The summed E-state index contributed by atoms with van der Waals surface area (Å²) < 4.78 is 23.4. The predicted octanol–water partition coefficient (Wildman–Crippen LogP) is 3.08. The molecular weight excluding hydrogens is 273 g/mol. The maximum atomic E-state index is 13.0. The number of methoxy groups -OCH3 is 1. The van der Waals surface area contributed by atoms with E-state index >= 15 is 0 Å². The van der Waals surface area contributed by atoms with Crippen LogP contribution in [-0.2, 0) is 11.3 Å². The second-order valence-electron chi connectivity index (χ2n) is 4.57. The van der Waals surface area contributed by atoms with Crippen molar-refractivity contribution in [3.8, 4) is 5.75 Å². The van der Waals surface area contributed by atoms with Crippen LogP contribution in [0.15, 0.2) is 36.4 Å². The predicted molar refractivity (Wildman–Crippen MR) is 77.7 cm³/mol. The Balaban J connectivity index is 2.14. The fraction of sp³-hybridized carbons (Fsp3) is 0.188. The third-order valence-corrected chi connectivity index (χ3v) is 3.13. The number of para-hydroxylation sites is 1. The van der Waals surface area contributed by atoms with E-state index in [1.54, 1.807) is 31.2 Å². The zero-order valence-corrected chi connectivity index (χ0v) is 11.9. The van der Waals surface area contributed by atoms with Crippen LogP contribution in [0.5, 0.6) is 5.75 Å². The summed E-state index contributed by atoms with van der Waals surface area (Å²) in [6.07, 6.45) is 0. The Labute approximate surface area is 122 Å². The van der Waals surface area contributed by atoms with Crippen LogP contribution in [0.1, 0.15) is 21.5 Å². The van der Waals surface area contributed by atoms with Crippen molar-refractivity contribution in [1.29, 1.82) is 0 Å². The summed E-state index contributed by atoms with van der Waals surface area (Å²) in [6, 6.07) is 9.18. The van der Waals surface area contributed by atoms with Gasteiger partial charge in [-0.15, -0.1) is 0 Å². The van der Waals surface area contributed by atoms with Gasteiger partial charge in [-0.05, 0) is 42.3 Å². The van der Waals surface area contributed by atoms with E-state index in [-0.39, 0.29) is 18.0 Å². The second-order valence-corrected chi connectivity index (χ2v) is 4.57. The largest absolute Gasteiger partial charge is 0.494 e. The van der Waals surface area contributed by atoms with Crippen molar-refractivity contribution in [3.05, 3.63) is 58.9 Å². The van der Waals surface area contributed by atoms with Crippen LogP contribution in [0, 0.1) is 12.7 Å². The van der Waals surface area contributed by atoms with Gasteiger partial charge < -0.3 is 15.2 Å². The van der Waals surface area contributed by atoms with Crippen LogP contribution in [0.3, 0.4) is 0 Å². The molecule has 0 saturated heterocycles. The molecule has 0 aliphatic rings. The van der Waals surface area contributed by atoms with Crippen LogP contribution in [0.25, 0.3) is 0 Å². The number of aryl methyl sites for hydroxylation is 1. The first-order chi connectivity index (χ1) is 10.0. The Bertz CT molecular complexity index is 671. The highest BCUT2D eigenvalue weighted by molar-refractivity contribution is 5.94. The molecule has 0 aliphatic carbocycles. The van der Waals surface area contributed by atoms with E-state index in [1.807, 2.05) is 0 Å². The Kier molecular flexibility index (Phi) is 4.42. The lowest BCUT2D eigenvalue weighted by atomic mass is 10.1. The van der Waals surface area contributed by atoms with Gasteiger partial charge in [0.05, 0.1) is 12.8 Å². The number of rotatable bonds is 4. The molecule has 0 heterocycles. The fourth-order valence-corrected chi connectivity index (χ4v) is 1.99. The summed E-state index contributed by atoms with van der Waals surface area (Å²) in [7, 11) is 1.44. The van der Waals surface area contributed by atoms with Crippen molar-refractivity contribution in [2.45, 2.75) is 13.5 Å². The minimum atomic E-state index is -0.539. The molecule has 4 nitrogen and oxygen atoms in total. The van der Waals surface area contributed by atoms with Gasteiger partial charge in [-0.1, -0.05) is 12.1 Å². The van der Waals surface area contributed by atoms with Crippen molar-refractivity contribution < 1.29 is 18.7 Å². The van der Waals surface area contributed by atoms with E-state index in [9.17, 15) is 9.18 Å². The van der Waals surface area contributed by atoms with Gasteiger partial charge in [-0.2, -0.15) is 0 Å². The molecule has 2 aromatic rings. The van der Waals surface area contributed by atoms with Gasteiger partial charge in [0, 0.05) is 0 Å². The highest BCUT2D eigenvalue weighted by Crippen LogP contribution is 2.26. The van der Waals surface area contributed by atoms with Crippen molar-refractivity contribution in [1.82, 2.24) is 0 Å². The number of carbonyl (C=O) groups excluding carboxylic acids is 1. The second kappa shape index (κ2) is 6.26. The van der Waals surface area contributed by atoms with Crippen molar-refractivity contribution in [2.75, 3.05) is 12.8 Å². The highest BCUT2D eigenvalue weighted by Gasteiger charge is 2.16. The molecule has 2 aromatic carbocycles. The van der Waals surface area contributed by atoms with E-state index in [1.165, 1.54) is 19.2 Å². The van der Waals surface area contributed by atoms with Gasteiger partial charge in [-0.25, -0.2) is 9.18 Å². The summed E-state index contributed by atoms with van der Waals surface area (Å²) in [4.78, 5) is 12.1. The number of esters is 1. The smallest absolute Gasteiger partial charge is 0.342 e. The van der Waals surface area contributed by atoms with Crippen LogP contribution >= 0.6 is 0 Å². The van der Waals surface area contributed by atoms with Crippen molar-refractivity contribution in [3.63, 3.8) is 0 Å².